The number of amidine groups is 1. The van der Waals surface area contributed by atoms with Crippen molar-refractivity contribution in [1.82, 2.24) is 4.90 Å². The summed E-state index contributed by atoms with van der Waals surface area (Å²) in [5, 5.41) is 11.6. The number of amides is 1. The molecule has 0 aromatic heterocycles. The van der Waals surface area contributed by atoms with Gasteiger partial charge in [0.15, 0.2) is 0 Å². The second kappa shape index (κ2) is 9.24. The van der Waals surface area contributed by atoms with E-state index >= 15 is 0 Å². The molecule has 2 unspecified atom stereocenters. The van der Waals surface area contributed by atoms with Gasteiger partial charge in [-0.15, -0.1) is 11.8 Å². The Bertz CT molecular complexity index is 906. The Morgan fingerprint density at radius 3 is 2.61 bits per heavy atom. The van der Waals surface area contributed by atoms with Gasteiger partial charge in [0, 0.05) is 16.6 Å². The lowest BCUT2D eigenvalue weighted by Crippen LogP contribution is -3.22. The molecule has 182 valence electrons. The van der Waals surface area contributed by atoms with E-state index in [4.69, 9.17) is 9.47 Å². The molecule has 0 aromatic carbocycles. The second-order valence-electron chi connectivity index (χ2n) is 9.99. The largest absolute Gasteiger partial charge is 0.427 e. The van der Waals surface area contributed by atoms with Crippen LogP contribution in [0.25, 0.3) is 0 Å². The Hall–Kier alpha value is -1.56. The van der Waals surface area contributed by atoms with Crippen molar-refractivity contribution in [1.29, 1.82) is 0 Å². The van der Waals surface area contributed by atoms with Crippen LogP contribution in [0, 0.1) is 17.3 Å². The van der Waals surface area contributed by atoms with E-state index in [2.05, 4.69) is 4.99 Å². The second-order valence-corrected chi connectivity index (χ2v) is 12.4. The van der Waals surface area contributed by atoms with Crippen LogP contribution in [-0.4, -0.2) is 82.6 Å². The Morgan fingerprint density at radius 2 is 2.03 bits per heavy atom. The van der Waals surface area contributed by atoms with Crippen LogP contribution in [-0.2, 0) is 23.9 Å². The summed E-state index contributed by atoms with van der Waals surface area (Å²) in [7, 11) is 0. The first-order chi connectivity index (χ1) is 15.5. The lowest BCUT2D eigenvalue weighted by Gasteiger charge is -2.46. The van der Waals surface area contributed by atoms with Gasteiger partial charge in [-0.05, 0) is 39.5 Å². The van der Waals surface area contributed by atoms with Crippen LogP contribution in [0.1, 0.15) is 34.6 Å². The molecule has 4 atom stereocenters. The fraction of sp³-hybridized carbons (Fsp3) is 0.727. The van der Waals surface area contributed by atoms with Crippen molar-refractivity contribution in [2.24, 2.45) is 22.2 Å². The average molecular weight is 499 g/mol. The molecule has 2 saturated heterocycles. The number of carbonyl (C=O) groups excluding carboxylic acids is 3. The minimum atomic E-state index is -0.795. The number of thioether (sulfide) groups is 2. The van der Waals surface area contributed by atoms with E-state index in [0.717, 1.165) is 35.5 Å². The predicted molar refractivity (Wildman–Crippen MR) is 125 cm³/mol. The molecule has 2 N–H and O–H groups in total. The number of nitrogens with one attached hydrogen (secondary N) is 1. The number of hydrogen-bond acceptors (Lipinski definition) is 9. The lowest BCUT2D eigenvalue weighted by molar-refractivity contribution is -0.842. The first kappa shape index (κ1) is 24.6. The number of aliphatic hydroxyl groups excluding tert-OH is 1. The topological polar surface area (TPSA) is 110 Å². The molecule has 4 aliphatic rings. The number of aliphatic imine (C=N–C) groups is 1. The molecule has 1 amide bonds. The van der Waals surface area contributed by atoms with E-state index in [1.54, 1.807) is 51.2 Å². The van der Waals surface area contributed by atoms with Gasteiger partial charge in [-0.2, -0.15) is 0 Å². The molecule has 0 aliphatic carbocycles. The highest BCUT2D eigenvalue weighted by atomic mass is 32.2. The highest BCUT2D eigenvalue weighted by Crippen LogP contribution is 2.51. The maximum absolute atomic E-state index is 13.0. The third-order valence-electron chi connectivity index (χ3n) is 6.42. The molecule has 0 aromatic rings. The fourth-order valence-electron chi connectivity index (χ4n) is 4.57. The number of esters is 2. The Labute approximate surface area is 202 Å². The van der Waals surface area contributed by atoms with E-state index in [-0.39, 0.29) is 23.6 Å². The summed E-state index contributed by atoms with van der Waals surface area (Å²) in [5.74, 6) is -1.01. The molecule has 2 fully saturated rings. The van der Waals surface area contributed by atoms with Crippen LogP contribution in [0.15, 0.2) is 15.6 Å². The number of fused-ring (bicyclic) bond motifs is 1. The molecular formula is C22H32N3O6S2+. The quantitative estimate of drug-likeness (QED) is 0.305. The smallest absolute Gasteiger partial charge is 0.358 e. The third kappa shape index (κ3) is 4.56. The summed E-state index contributed by atoms with van der Waals surface area (Å²) in [4.78, 5) is 46.0. The van der Waals surface area contributed by atoms with Gasteiger partial charge in [0.1, 0.15) is 24.0 Å². The highest BCUT2D eigenvalue weighted by Gasteiger charge is 2.60. The van der Waals surface area contributed by atoms with Gasteiger partial charge in [0.2, 0.25) is 12.7 Å². The van der Waals surface area contributed by atoms with Crippen LogP contribution in [0.4, 0.5) is 0 Å². The normalized spacial score (nSPS) is 32.1. The molecule has 0 bridgehead atoms. The molecule has 4 heterocycles. The van der Waals surface area contributed by atoms with Crippen molar-refractivity contribution in [2.45, 2.75) is 52.0 Å². The first-order valence-electron chi connectivity index (χ1n) is 11.3. The summed E-state index contributed by atoms with van der Waals surface area (Å²) >= 11 is 3.42. The molecule has 0 spiro atoms. The van der Waals surface area contributed by atoms with Gasteiger partial charge in [0.25, 0.3) is 5.17 Å². The van der Waals surface area contributed by atoms with Gasteiger partial charge >= 0.3 is 11.9 Å². The number of β-lactam (4-membered cyclic amide) rings is 1. The number of nitrogens with zero attached hydrogens (tertiary/aromatic N) is 2. The predicted octanol–water partition coefficient (Wildman–Crippen LogP) is 0.249. The Balaban J connectivity index is 1.47. The number of aliphatic hydroxyl groups is 1. The maximum atomic E-state index is 13.0. The SMILES string of the molecule is C[C@@H](O)C1C(=O)N2C(C(=O)OCOC(=O)C(C)(C)C)=C(SC3C[NH+](C4=NCCS4)C3)[C@H](C)C12. The van der Waals surface area contributed by atoms with Gasteiger partial charge in [-0.1, -0.05) is 6.92 Å². The average Bonchev–Trinajstić information content (AvgIpc) is 3.29. The number of rotatable bonds is 6. The number of quaternary nitrogens is 1. The highest BCUT2D eigenvalue weighted by molar-refractivity contribution is 8.13. The number of likely N-dealkylation sites (tertiary alicyclic amines) is 1. The number of ether oxygens (including phenoxy) is 2. The van der Waals surface area contributed by atoms with E-state index in [9.17, 15) is 19.5 Å². The van der Waals surface area contributed by atoms with Crippen molar-refractivity contribution in [2.75, 3.05) is 32.2 Å². The van der Waals surface area contributed by atoms with E-state index in [1.807, 2.05) is 6.92 Å². The summed E-state index contributed by atoms with van der Waals surface area (Å²) < 4.78 is 10.3. The molecule has 33 heavy (non-hydrogen) atoms. The molecular weight excluding hydrogens is 466 g/mol. The zero-order valence-corrected chi connectivity index (χ0v) is 21.3. The molecule has 4 aliphatic heterocycles. The van der Waals surface area contributed by atoms with Crippen molar-refractivity contribution in [3.63, 3.8) is 0 Å². The van der Waals surface area contributed by atoms with Gasteiger partial charge in [-0.25, -0.2) is 9.79 Å². The van der Waals surface area contributed by atoms with Crippen LogP contribution in [0.3, 0.4) is 0 Å². The van der Waals surface area contributed by atoms with Crippen LogP contribution in [0.5, 0.6) is 0 Å². The summed E-state index contributed by atoms with van der Waals surface area (Å²) in [6.45, 7) is 10.9. The minimum absolute atomic E-state index is 0.0887. The van der Waals surface area contributed by atoms with E-state index in [1.165, 1.54) is 9.80 Å². The fourth-order valence-corrected chi connectivity index (χ4v) is 7.07. The summed E-state index contributed by atoms with van der Waals surface area (Å²) in [5.41, 5.74) is -0.481. The number of hydrogen-bond donors (Lipinski definition) is 2. The van der Waals surface area contributed by atoms with Gasteiger partial charge in [0.05, 0.1) is 30.0 Å². The molecule has 11 heteroatoms. The standard InChI is InChI=1S/C22H31N3O6S2/c1-11-15-14(12(2)26)18(27)25(15)16(19(28)30-10-31-20(29)22(3,4)5)17(11)33-13-8-24(9-13)21-23-6-7-32-21/h11-15,26H,6-10H2,1-5H3/p+1/t11-,12-,14?,15?/m1/s1. The maximum Gasteiger partial charge on any atom is 0.358 e. The van der Waals surface area contributed by atoms with Crippen LogP contribution in [0.2, 0.25) is 0 Å². The summed E-state index contributed by atoms with van der Waals surface area (Å²) in [6.07, 6.45) is -0.795. The zero-order chi connectivity index (χ0) is 24.1. The minimum Gasteiger partial charge on any atom is -0.427 e. The van der Waals surface area contributed by atoms with E-state index in [0.29, 0.717) is 5.25 Å². The first-order valence-corrected chi connectivity index (χ1v) is 13.2. The number of carbonyl (C=O) groups is 3. The van der Waals surface area contributed by atoms with Crippen molar-refractivity contribution in [3.05, 3.63) is 10.6 Å². The van der Waals surface area contributed by atoms with Crippen LogP contribution < -0.4 is 4.90 Å². The monoisotopic (exact) mass is 498 g/mol. The van der Waals surface area contributed by atoms with E-state index < -0.39 is 36.2 Å². The van der Waals surface area contributed by atoms with Gasteiger partial charge < -0.3 is 19.5 Å². The van der Waals surface area contributed by atoms with Crippen LogP contribution >= 0.6 is 23.5 Å². The van der Waals surface area contributed by atoms with Crippen molar-refractivity contribution >= 4 is 46.5 Å². The third-order valence-corrected chi connectivity index (χ3v) is 8.99. The lowest BCUT2D eigenvalue weighted by atomic mass is 9.79. The van der Waals surface area contributed by atoms with Crippen molar-refractivity contribution < 1.29 is 33.9 Å². The Morgan fingerprint density at radius 1 is 1.33 bits per heavy atom. The molecule has 0 radical (unpaired) electrons. The summed E-state index contributed by atoms with van der Waals surface area (Å²) in [6, 6.07) is -0.266. The molecule has 0 saturated carbocycles. The molecule has 4 rings (SSSR count). The zero-order valence-electron chi connectivity index (χ0n) is 19.6. The van der Waals surface area contributed by atoms with Crippen molar-refractivity contribution in [3.8, 4) is 0 Å². The van der Waals surface area contributed by atoms with Gasteiger partial charge in [-0.3, -0.25) is 14.5 Å². The molecule has 9 nitrogen and oxygen atoms in total. The Kier molecular flexibility index (Phi) is 6.88.